The van der Waals surface area contributed by atoms with E-state index < -0.39 is 0 Å². The van der Waals surface area contributed by atoms with Crippen molar-refractivity contribution >= 4 is 11.5 Å². The second-order valence-electron chi connectivity index (χ2n) is 5.24. The monoisotopic (exact) mass is 322 g/mol. The quantitative estimate of drug-likeness (QED) is 0.685. The highest BCUT2D eigenvalue weighted by atomic mass is 16.5. The lowest BCUT2D eigenvalue weighted by Gasteiger charge is -2.05. The van der Waals surface area contributed by atoms with E-state index in [1.807, 2.05) is 18.2 Å². The lowest BCUT2D eigenvalue weighted by Crippen LogP contribution is -1.86. The van der Waals surface area contributed by atoms with Gasteiger partial charge in [-0.15, -0.1) is 10.2 Å². The number of methoxy groups -OCH3 is 2. The molecule has 0 spiro atoms. The molecule has 0 bridgehead atoms. The standard InChI is InChI=1S/C18H18N4O2/c1-12-4-6-13(7-5-12)16-11-18(22-20-16)21-19-15-9-8-14(23-2)10-17(15)24-3/h4-11H,1-3H3,(H,20,22). The van der Waals surface area contributed by atoms with Gasteiger partial charge >= 0.3 is 0 Å². The van der Waals surface area contributed by atoms with Crippen LogP contribution in [0.15, 0.2) is 58.8 Å². The summed E-state index contributed by atoms with van der Waals surface area (Å²) in [5, 5.41) is 15.5. The summed E-state index contributed by atoms with van der Waals surface area (Å²) in [6.07, 6.45) is 0. The first-order valence-electron chi connectivity index (χ1n) is 7.46. The van der Waals surface area contributed by atoms with Gasteiger partial charge in [0.2, 0.25) is 0 Å². The number of benzene rings is 2. The first kappa shape index (κ1) is 15.7. The Balaban J connectivity index is 1.82. The molecule has 24 heavy (non-hydrogen) atoms. The van der Waals surface area contributed by atoms with Crippen LogP contribution >= 0.6 is 0 Å². The van der Waals surface area contributed by atoms with E-state index in [-0.39, 0.29) is 0 Å². The summed E-state index contributed by atoms with van der Waals surface area (Å²) in [6, 6.07) is 15.4. The van der Waals surface area contributed by atoms with Crippen LogP contribution in [0.4, 0.5) is 11.5 Å². The molecule has 0 radical (unpaired) electrons. The molecule has 0 atom stereocenters. The molecule has 0 unspecified atom stereocenters. The van der Waals surface area contributed by atoms with Gasteiger partial charge in [-0.2, -0.15) is 5.10 Å². The third kappa shape index (κ3) is 3.43. The maximum atomic E-state index is 5.30. The second kappa shape index (κ2) is 6.95. The van der Waals surface area contributed by atoms with Crippen LogP contribution in [-0.4, -0.2) is 24.4 Å². The molecule has 0 amide bonds. The molecule has 1 N–H and O–H groups in total. The van der Waals surface area contributed by atoms with Crippen molar-refractivity contribution in [1.82, 2.24) is 10.2 Å². The normalized spacial score (nSPS) is 11.0. The van der Waals surface area contributed by atoms with E-state index in [4.69, 9.17) is 9.47 Å². The summed E-state index contributed by atoms with van der Waals surface area (Å²) < 4.78 is 10.5. The molecule has 3 aromatic rings. The minimum absolute atomic E-state index is 0.503. The smallest absolute Gasteiger partial charge is 0.196 e. The van der Waals surface area contributed by atoms with Crippen LogP contribution in [0, 0.1) is 6.92 Å². The molecule has 0 aliphatic carbocycles. The number of hydrogen-bond acceptors (Lipinski definition) is 5. The van der Waals surface area contributed by atoms with Crippen molar-refractivity contribution in [2.75, 3.05) is 14.2 Å². The highest BCUT2D eigenvalue weighted by molar-refractivity contribution is 5.62. The van der Waals surface area contributed by atoms with Crippen LogP contribution in [-0.2, 0) is 0 Å². The number of nitrogens with one attached hydrogen (secondary N) is 1. The van der Waals surface area contributed by atoms with Crippen LogP contribution in [0.1, 0.15) is 5.56 Å². The Kier molecular flexibility index (Phi) is 4.56. The van der Waals surface area contributed by atoms with Crippen molar-refractivity contribution in [2.45, 2.75) is 6.92 Å². The van der Waals surface area contributed by atoms with Gasteiger partial charge in [0.25, 0.3) is 0 Å². The molecule has 1 aromatic heterocycles. The van der Waals surface area contributed by atoms with Gasteiger partial charge in [0.05, 0.1) is 19.9 Å². The van der Waals surface area contributed by atoms with E-state index in [9.17, 15) is 0 Å². The predicted molar refractivity (Wildman–Crippen MR) is 92.5 cm³/mol. The Labute approximate surface area is 140 Å². The lowest BCUT2D eigenvalue weighted by molar-refractivity contribution is 0.395. The zero-order valence-corrected chi connectivity index (χ0v) is 13.8. The third-order valence-electron chi connectivity index (χ3n) is 3.57. The fraction of sp³-hybridized carbons (Fsp3) is 0.167. The molecule has 122 valence electrons. The van der Waals surface area contributed by atoms with Crippen molar-refractivity contribution in [3.63, 3.8) is 0 Å². The SMILES string of the molecule is COc1ccc(N=Nc2cc(-c3ccc(C)cc3)[nH]n2)c(OC)c1. The zero-order valence-electron chi connectivity index (χ0n) is 13.8. The van der Waals surface area contributed by atoms with Gasteiger partial charge in [0, 0.05) is 12.1 Å². The Morgan fingerprint density at radius 3 is 2.42 bits per heavy atom. The summed E-state index contributed by atoms with van der Waals surface area (Å²) in [5.41, 5.74) is 3.77. The number of rotatable bonds is 5. The first-order chi connectivity index (χ1) is 11.7. The summed E-state index contributed by atoms with van der Waals surface area (Å²) in [6.45, 7) is 2.05. The number of hydrogen-bond donors (Lipinski definition) is 1. The number of azo groups is 1. The van der Waals surface area contributed by atoms with Crippen molar-refractivity contribution in [1.29, 1.82) is 0 Å². The third-order valence-corrected chi connectivity index (χ3v) is 3.57. The molecule has 3 rings (SSSR count). The molecule has 1 heterocycles. The summed E-state index contributed by atoms with van der Waals surface area (Å²) in [5.74, 6) is 1.79. The summed E-state index contributed by atoms with van der Waals surface area (Å²) in [7, 11) is 3.18. The van der Waals surface area contributed by atoms with Gasteiger partial charge in [0.1, 0.15) is 17.2 Å². The summed E-state index contributed by atoms with van der Waals surface area (Å²) in [4.78, 5) is 0. The zero-order chi connectivity index (χ0) is 16.9. The molecular weight excluding hydrogens is 304 g/mol. The highest BCUT2D eigenvalue weighted by Crippen LogP contribution is 2.32. The Morgan fingerprint density at radius 1 is 0.917 bits per heavy atom. The van der Waals surface area contributed by atoms with Gasteiger partial charge < -0.3 is 9.47 Å². The molecule has 0 aliphatic rings. The molecule has 0 aliphatic heterocycles. The molecule has 0 saturated heterocycles. The number of aryl methyl sites for hydroxylation is 1. The number of nitrogens with zero attached hydrogens (tertiary/aromatic N) is 3. The van der Waals surface area contributed by atoms with E-state index in [1.165, 1.54) is 5.56 Å². The van der Waals surface area contributed by atoms with Gasteiger partial charge in [-0.25, -0.2) is 0 Å². The minimum Gasteiger partial charge on any atom is -0.497 e. The maximum Gasteiger partial charge on any atom is 0.196 e. The molecule has 0 fully saturated rings. The van der Waals surface area contributed by atoms with Crippen LogP contribution in [0.2, 0.25) is 0 Å². The van der Waals surface area contributed by atoms with Crippen molar-refractivity contribution < 1.29 is 9.47 Å². The van der Waals surface area contributed by atoms with Gasteiger partial charge in [-0.1, -0.05) is 29.8 Å². The average Bonchev–Trinajstić information content (AvgIpc) is 3.09. The lowest BCUT2D eigenvalue weighted by atomic mass is 10.1. The van der Waals surface area contributed by atoms with Crippen LogP contribution in [0.3, 0.4) is 0 Å². The number of ether oxygens (including phenoxy) is 2. The average molecular weight is 322 g/mol. The van der Waals surface area contributed by atoms with Gasteiger partial charge in [-0.05, 0) is 24.6 Å². The molecule has 6 heteroatoms. The van der Waals surface area contributed by atoms with Crippen LogP contribution in [0.5, 0.6) is 11.5 Å². The Morgan fingerprint density at radius 2 is 1.71 bits per heavy atom. The maximum absolute atomic E-state index is 5.30. The van der Waals surface area contributed by atoms with Crippen LogP contribution in [0.25, 0.3) is 11.3 Å². The van der Waals surface area contributed by atoms with Crippen molar-refractivity contribution in [3.8, 4) is 22.8 Å². The van der Waals surface area contributed by atoms with E-state index in [1.54, 1.807) is 32.4 Å². The first-order valence-corrected chi connectivity index (χ1v) is 7.46. The van der Waals surface area contributed by atoms with E-state index in [0.717, 1.165) is 11.3 Å². The van der Waals surface area contributed by atoms with Gasteiger partial charge in [-0.3, -0.25) is 5.10 Å². The fourth-order valence-electron chi connectivity index (χ4n) is 2.22. The van der Waals surface area contributed by atoms with Crippen LogP contribution < -0.4 is 9.47 Å². The fourth-order valence-corrected chi connectivity index (χ4v) is 2.22. The van der Waals surface area contributed by atoms with E-state index in [0.29, 0.717) is 23.0 Å². The largest absolute Gasteiger partial charge is 0.497 e. The summed E-state index contributed by atoms with van der Waals surface area (Å²) >= 11 is 0. The topological polar surface area (TPSA) is 71.9 Å². The van der Waals surface area contributed by atoms with E-state index in [2.05, 4.69) is 39.5 Å². The second-order valence-corrected chi connectivity index (χ2v) is 5.24. The Bertz CT molecular complexity index is 854. The molecule has 2 aromatic carbocycles. The number of H-pyrrole nitrogens is 1. The molecule has 0 saturated carbocycles. The molecule has 6 nitrogen and oxygen atoms in total. The van der Waals surface area contributed by atoms with Crippen molar-refractivity contribution in [2.24, 2.45) is 10.2 Å². The number of aromatic amines is 1. The van der Waals surface area contributed by atoms with Gasteiger partial charge in [0.15, 0.2) is 5.82 Å². The predicted octanol–water partition coefficient (Wildman–Crippen LogP) is 4.82. The highest BCUT2D eigenvalue weighted by Gasteiger charge is 2.06. The van der Waals surface area contributed by atoms with E-state index >= 15 is 0 Å². The minimum atomic E-state index is 0.503. The van der Waals surface area contributed by atoms with Crippen molar-refractivity contribution in [3.05, 3.63) is 54.1 Å². The Hall–Kier alpha value is -3.15. The molecular formula is C18H18N4O2. The number of aromatic nitrogens is 2.